The number of aromatic hydroxyl groups is 1. The second-order valence-electron chi connectivity index (χ2n) is 16.3. The van der Waals surface area contributed by atoms with Crippen LogP contribution < -0.4 is 5.32 Å². The number of thiazole rings is 1. The van der Waals surface area contributed by atoms with E-state index in [2.05, 4.69) is 74.1 Å². The van der Waals surface area contributed by atoms with Crippen LogP contribution in [0.5, 0.6) is 5.75 Å². The number of carbonyl (C=O) groups is 3. The molecule has 0 spiro atoms. The molecule has 1 saturated heterocycles. The van der Waals surface area contributed by atoms with E-state index >= 15 is 0 Å². The fourth-order valence-corrected chi connectivity index (χ4v) is 8.83. The van der Waals surface area contributed by atoms with Gasteiger partial charge in [-0.2, -0.15) is 5.11 Å². The number of aromatic nitrogens is 1. The van der Waals surface area contributed by atoms with Crippen molar-refractivity contribution in [2.24, 2.45) is 39.1 Å². The van der Waals surface area contributed by atoms with Crippen molar-refractivity contribution in [1.82, 2.24) is 20.1 Å². The molecule has 0 unspecified atom stereocenters. The lowest BCUT2D eigenvalue weighted by Gasteiger charge is -2.40. The second kappa shape index (κ2) is 22.4. The molecule has 3 heterocycles. The Morgan fingerprint density at radius 2 is 1.80 bits per heavy atom. The molecule has 2 aliphatic rings. The van der Waals surface area contributed by atoms with E-state index in [0.717, 1.165) is 56.3 Å². The van der Waals surface area contributed by atoms with E-state index in [9.17, 15) is 19.5 Å². The van der Waals surface area contributed by atoms with E-state index in [1.54, 1.807) is 17.5 Å². The minimum absolute atomic E-state index is 0.0543. The van der Waals surface area contributed by atoms with Crippen LogP contribution in [-0.4, -0.2) is 94.6 Å². The van der Waals surface area contributed by atoms with Gasteiger partial charge in [-0.05, 0) is 86.9 Å². The molecule has 1 fully saturated rings. The molecule has 310 valence electrons. The van der Waals surface area contributed by atoms with E-state index < -0.39 is 6.10 Å². The molecule has 2 N–H and O–H groups in total. The van der Waals surface area contributed by atoms with Crippen LogP contribution >= 0.6 is 11.3 Å². The zero-order valence-electron chi connectivity index (χ0n) is 35.1. The predicted octanol–water partition coefficient (Wildman–Crippen LogP) is 8.26. The Hall–Kier alpha value is -3.55. The molecule has 12 nitrogen and oxygen atoms in total. The summed E-state index contributed by atoms with van der Waals surface area (Å²) in [5.41, 5.74) is 2.20. The molecule has 0 radical (unpaired) electrons. The van der Waals surface area contributed by atoms with Gasteiger partial charge in [0.25, 0.3) is 5.91 Å². The standard InChI is InChI=1S/C43H67N7O5S/c1-9-19-50(43(54)34(29(6)11-3)24-39(52)37-14-12-13-20-49(37)8)38(28(4)5)25-40(55-21-10-2)42-46-36(27-56-42)41(53)45-32(22-30(7)35-26-44-48-47-35)23-31-15-17-33(51)18-16-31/h15-18,27-30,32,34,37-38,40,51H,9-14,19-26H2,1-8H3,(H,45,53)/t29-,30-,32+,34-,37+,38+,40+/m0/s1. The Labute approximate surface area is 339 Å². The lowest BCUT2D eigenvalue weighted by Crippen LogP contribution is -2.50. The summed E-state index contributed by atoms with van der Waals surface area (Å²) in [6.45, 7) is 17.2. The lowest BCUT2D eigenvalue weighted by atomic mass is 9.82. The number of ketones is 1. The van der Waals surface area contributed by atoms with Gasteiger partial charge in [0.05, 0.1) is 11.8 Å². The number of likely N-dealkylation sites (N-methyl/N-ethyl adjacent to an activating group) is 1. The summed E-state index contributed by atoms with van der Waals surface area (Å²) in [6.07, 6.45) is 7.01. The number of likely N-dealkylation sites (tertiary alicyclic amines) is 1. The van der Waals surface area contributed by atoms with Gasteiger partial charge >= 0.3 is 0 Å². The van der Waals surface area contributed by atoms with E-state index in [1.807, 2.05) is 24.1 Å². The summed E-state index contributed by atoms with van der Waals surface area (Å²) in [5.74, 6) is 0.00734. The van der Waals surface area contributed by atoms with Crippen LogP contribution in [0.3, 0.4) is 0 Å². The fraction of sp³-hybridized carbons (Fsp3) is 0.698. The molecule has 1 aromatic carbocycles. The molecule has 2 aromatic rings. The van der Waals surface area contributed by atoms with Gasteiger partial charge in [-0.25, -0.2) is 4.98 Å². The summed E-state index contributed by atoms with van der Waals surface area (Å²) in [7, 11) is 2.03. The molecule has 1 aromatic heterocycles. The number of rotatable bonds is 23. The third-order valence-corrected chi connectivity index (χ3v) is 12.5. The highest BCUT2D eigenvalue weighted by molar-refractivity contribution is 7.09. The highest BCUT2D eigenvalue weighted by atomic mass is 32.1. The van der Waals surface area contributed by atoms with Gasteiger partial charge in [0, 0.05) is 55.3 Å². The van der Waals surface area contributed by atoms with Crippen molar-refractivity contribution in [3.63, 3.8) is 0 Å². The number of carbonyl (C=O) groups excluding carboxylic acids is 3. The molecule has 0 aliphatic carbocycles. The quantitative estimate of drug-likeness (QED) is 0.115. The van der Waals surface area contributed by atoms with Gasteiger partial charge < -0.3 is 20.1 Å². The Morgan fingerprint density at radius 1 is 1.05 bits per heavy atom. The highest BCUT2D eigenvalue weighted by Gasteiger charge is 2.38. The molecule has 2 aliphatic heterocycles. The van der Waals surface area contributed by atoms with Crippen LogP contribution in [0.2, 0.25) is 0 Å². The monoisotopic (exact) mass is 793 g/mol. The average molecular weight is 794 g/mol. The first-order valence-corrected chi connectivity index (χ1v) is 21.9. The number of phenols is 1. The van der Waals surface area contributed by atoms with Crippen molar-refractivity contribution >= 4 is 34.6 Å². The minimum atomic E-state index is -0.415. The molecule has 13 heteroatoms. The van der Waals surface area contributed by atoms with Gasteiger partial charge in [-0.1, -0.05) is 73.4 Å². The average Bonchev–Trinajstić information content (AvgIpc) is 3.91. The topological polar surface area (TPSA) is 149 Å². The molecule has 0 saturated carbocycles. The Kier molecular flexibility index (Phi) is 18.1. The summed E-state index contributed by atoms with van der Waals surface area (Å²) in [5, 5.41) is 27.5. The van der Waals surface area contributed by atoms with Crippen molar-refractivity contribution < 1.29 is 24.2 Å². The van der Waals surface area contributed by atoms with Crippen LogP contribution in [-0.2, 0) is 20.7 Å². The van der Waals surface area contributed by atoms with Crippen molar-refractivity contribution in [1.29, 1.82) is 0 Å². The molecule has 0 bridgehead atoms. The summed E-state index contributed by atoms with van der Waals surface area (Å²) >= 11 is 1.41. The van der Waals surface area contributed by atoms with Gasteiger partial charge in [0.2, 0.25) is 5.91 Å². The van der Waals surface area contributed by atoms with Gasteiger partial charge in [-0.15, -0.1) is 16.4 Å². The Balaban J connectivity index is 1.55. The van der Waals surface area contributed by atoms with E-state index in [4.69, 9.17) is 9.72 Å². The first-order valence-electron chi connectivity index (χ1n) is 21.0. The first-order chi connectivity index (χ1) is 26.9. The number of hydrogen-bond donors (Lipinski definition) is 2. The van der Waals surface area contributed by atoms with Crippen molar-refractivity contribution in [3.8, 4) is 5.75 Å². The van der Waals surface area contributed by atoms with E-state index in [1.165, 1.54) is 11.3 Å². The zero-order valence-corrected chi connectivity index (χ0v) is 35.9. The SMILES string of the molecule is CCCO[C@H](C[C@H](C(C)C)N(CCC)C(=O)[C@@H](CC(=O)[C@H]1CCCCN1C)[C@@H](C)CC)c1nc(C(=O)N[C@@H](Cc2ccc(O)cc2)C[C@H](C)C2=NN=NC2)cs1. The maximum absolute atomic E-state index is 14.7. The molecular weight excluding hydrogens is 727 g/mol. The van der Waals surface area contributed by atoms with Crippen molar-refractivity contribution in [2.45, 2.75) is 137 Å². The number of Topliss-reactive ketones (excluding diaryl/α,β-unsaturated/α-hetero) is 1. The number of nitrogens with zero attached hydrogens (tertiary/aromatic N) is 6. The number of ether oxygens (including phenoxy) is 1. The first kappa shape index (κ1) is 45.2. The number of benzene rings is 1. The molecule has 56 heavy (non-hydrogen) atoms. The van der Waals surface area contributed by atoms with Gasteiger partial charge in [0.1, 0.15) is 29.1 Å². The molecule has 2 amide bonds. The summed E-state index contributed by atoms with van der Waals surface area (Å²) < 4.78 is 6.49. The largest absolute Gasteiger partial charge is 0.508 e. The minimum Gasteiger partial charge on any atom is -0.508 e. The normalized spacial score (nSPS) is 19.2. The predicted molar refractivity (Wildman–Crippen MR) is 223 cm³/mol. The number of nitrogens with one attached hydrogen (secondary N) is 1. The van der Waals surface area contributed by atoms with Crippen LogP contribution in [0.4, 0.5) is 0 Å². The van der Waals surface area contributed by atoms with Gasteiger partial charge in [0.15, 0.2) is 5.78 Å². The van der Waals surface area contributed by atoms with Crippen molar-refractivity contribution in [3.05, 3.63) is 45.9 Å². The number of hydrogen-bond acceptors (Lipinski definition) is 11. The molecule has 4 rings (SSSR count). The molecule has 7 atom stereocenters. The van der Waals surface area contributed by atoms with Gasteiger partial charge in [-0.3, -0.25) is 19.3 Å². The van der Waals surface area contributed by atoms with Crippen molar-refractivity contribution in [2.75, 3.05) is 33.3 Å². The van der Waals surface area contributed by atoms with E-state index in [0.29, 0.717) is 49.7 Å². The second-order valence-corrected chi connectivity index (χ2v) is 17.2. The Bertz CT molecular complexity index is 1610. The maximum Gasteiger partial charge on any atom is 0.270 e. The maximum atomic E-state index is 14.7. The number of amides is 2. The lowest BCUT2D eigenvalue weighted by molar-refractivity contribution is -0.145. The molecular formula is C43H67N7O5S. The van der Waals surface area contributed by atoms with Crippen LogP contribution in [0, 0.1) is 23.7 Å². The van der Waals surface area contributed by atoms with E-state index in [-0.39, 0.29) is 71.6 Å². The fourth-order valence-electron chi connectivity index (χ4n) is 7.97. The van der Waals surface area contributed by atoms with Crippen LogP contribution in [0.15, 0.2) is 45.1 Å². The highest BCUT2D eigenvalue weighted by Crippen LogP contribution is 2.34. The summed E-state index contributed by atoms with van der Waals surface area (Å²) in [6, 6.07) is 6.53. The third-order valence-electron chi connectivity index (χ3n) is 11.6. The number of piperidine rings is 1. The number of phenolic OH excluding ortho intramolecular Hbond substituents is 1. The zero-order chi connectivity index (χ0) is 40.8. The third kappa shape index (κ3) is 12.7. The Morgan fingerprint density at radius 3 is 2.43 bits per heavy atom. The smallest absolute Gasteiger partial charge is 0.270 e. The van der Waals surface area contributed by atoms with Crippen LogP contribution in [0.1, 0.15) is 133 Å². The summed E-state index contributed by atoms with van der Waals surface area (Å²) in [4.78, 5) is 51.4. The van der Waals surface area contributed by atoms with Crippen LogP contribution in [0.25, 0.3) is 0 Å².